The first-order chi connectivity index (χ1) is 17.5. The molecule has 1 saturated heterocycles. The molecule has 4 rings (SSSR count). The molecule has 2 aromatic carbocycles. The first-order valence-electron chi connectivity index (χ1n) is 13.0. The van der Waals surface area contributed by atoms with Gasteiger partial charge in [0.05, 0.1) is 44.5 Å². The lowest BCUT2D eigenvalue weighted by atomic mass is 9.92. The van der Waals surface area contributed by atoms with Crippen LogP contribution in [0.4, 0.5) is 17.1 Å². The van der Waals surface area contributed by atoms with Crippen LogP contribution in [-0.4, -0.2) is 48.6 Å². The van der Waals surface area contributed by atoms with Gasteiger partial charge in [0, 0.05) is 18.3 Å². The van der Waals surface area contributed by atoms with Crippen LogP contribution in [-0.2, 0) is 14.6 Å². The van der Waals surface area contributed by atoms with Crippen molar-refractivity contribution in [3.05, 3.63) is 47.0 Å². The average molecular weight is 544 g/mol. The van der Waals surface area contributed by atoms with Crippen LogP contribution >= 0.6 is 11.3 Å². The highest BCUT2D eigenvalue weighted by Gasteiger charge is 2.30. The number of aryl methyl sites for hydroxylation is 1. The molecule has 37 heavy (non-hydrogen) atoms. The van der Waals surface area contributed by atoms with E-state index in [0.29, 0.717) is 18.8 Å². The van der Waals surface area contributed by atoms with Gasteiger partial charge in [-0.15, -0.1) is 11.3 Å². The van der Waals surface area contributed by atoms with Crippen LogP contribution in [0.15, 0.2) is 36.4 Å². The molecule has 0 spiro atoms. The molecule has 7 nitrogen and oxygen atoms in total. The van der Waals surface area contributed by atoms with Gasteiger partial charge in [0.1, 0.15) is 9.84 Å². The molecule has 1 unspecified atom stereocenters. The molecule has 1 fully saturated rings. The summed E-state index contributed by atoms with van der Waals surface area (Å²) in [6, 6.07) is 12.5. The van der Waals surface area contributed by atoms with E-state index in [4.69, 9.17) is 0 Å². The number of rotatable bonds is 10. The second-order valence-electron chi connectivity index (χ2n) is 10.4. The Morgan fingerprint density at radius 2 is 1.92 bits per heavy atom. The van der Waals surface area contributed by atoms with Gasteiger partial charge in [-0.3, -0.25) is 4.79 Å². The third kappa shape index (κ3) is 6.82. The Hall–Kier alpha value is -2.65. The normalized spacial score (nSPS) is 16.7. The Morgan fingerprint density at radius 3 is 2.57 bits per heavy atom. The molecule has 200 valence electrons. The Bertz CT molecular complexity index is 1350. The molecule has 1 aromatic heterocycles. The number of benzene rings is 2. The van der Waals surface area contributed by atoms with Gasteiger partial charge in [-0.25, -0.2) is 13.4 Å². The number of carboxylic acids is 1. The Morgan fingerprint density at radius 1 is 1.19 bits per heavy atom. The number of nitrogens with zero attached hydrogens (tertiary/aromatic N) is 2. The fraction of sp³-hybridized carbons (Fsp3) is 0.500. The summed E-state index contributed by atoms with van der Waals surface area (Å²) in [5.41, 5.74) is 4.76. The number of nitrogens with one attached hydrogen (secondary N) is 1. The van der Waals surface area contributed by atoms with Crippen LogP contribution in [0.1, 0.15) is 62.9 Å². The second kappa shape index (κ2) is 11.4. The van der Waals surface area contributed by atoms with Crippen molar-refractivity contribution in [1.82, 2.24) is 4.98 Å². The van der Waals surface area contributed by atoms with Crippen molar-refractivity contribution in [2.75, 3.05) is 28.3 Å². The lowest BCUT2D eigenvalue weighted by Crippen LogP contribution is -2.43. The van der Waals surface area contributed by atoms with Crippen molar-refractivity contribution in [2.45, 2.75) is 65.3 Å². The van der Waals surface area contributed by atoms with Gasteiger partial charge in [-0.05, 0) is 73.9 Å². The SMILES string of the molecule is CCC(CC(=O)O)c1ccc(N(CC(C)C)C2CCS(=O)(=O)CC2)c(Nc2ccc3sc(C)nc3c2)c1. The summed E-state index contributed by atoms with van der Waals surface area (Å²) in [6.07, 6.45) is 2.02. The van der Waals surface area contributed by atoms with Gasteiger partial charge in [0.25, 0.3) is 0 Å². The van der Waals surface area contributed by atoms with Crippen molar-refractivity contribution in [1.29, 1.82) is 0 Å². The first kappa shape index (κ1) is 27.4. The van der Waals surface area contributed by atoms with Gasteiger partial charge in [-0.2, -0.15) is 0 Å². The summed E-state index contributed by atoms with van der Waals surface area (Å²) in [5.74, 6) is -0.0861. The molecule has 0 radical (unpaired) electrons. The fourth-order valence-electron chi connectivity index (χ4n) is 5.17. The highest BCUT2D eigenvalue weighted by molar-refractivity contribution is 7.91. The van der Waals surface area contributed by atoms with Gasteiger partial charge in [0.2, 0.25) is 0 Å². The van der Waals surface area contributed by atoms with E-state index in [0.717, 1.165) is 50.8 Å². The summed E-state index contributed by atoms with van der Waals surface area (Å²) in [4.78, 5) is 18.5. The minimum atomic E-state index is -2.97. The third-order valence-corrected chi connectivity index (χ3v) is 9.68. The molecule has 1 aliphatic rings. The van der Waals surface area contributed by atoms with Gasteiger partial charge >= 0.3 is 5.97 Å². The standard InChI is InChI=1S/C28H37N3O4S2/c1-5-20(15-28(32)33)21-6-8-26(31(17-18(2)3)23-10-12-37(34,35)13-11-23)24(14-21)30-22-7-9-27-25(16-22)29-19(4)36-27/h6-9,14,16,18,20,23,30H,5,10-13,15,17H2,1-4H3,(H,32,33). The van der Waals surface area contributed by atoms with Crippen LogP contribution in [0.5, 0.6) is 0 Å². The van der Waals surface area contributed by atoms with Crippen molar-refractivity contribution in [3.63, 3.8) is 0 Å². The molecule has 0 amide bonds. The molecule has 1 atom stereocenters. The molecule has 9 heteroatoms. The number of sulfone groups is 1. The van der Waals surface area contributed by atoms with Crippen molar-refractivity contribution < 1.29 is 18.3 Å². The smallest absolute Gasteiger partial charge is 0.303 e. The largest absolute Gasteiger partial charge is 0.481 e. The monoisotopic (exact) mass is 543 g/mol. The number of fused-ring (bicyclic) bond motifs is 1. The Kier molecular flexibility index (Phi) is 8.43. The van der Waals surface area contributed by atoms with E-state index in [1.807, 2.05) is 32.0 Å². The molecule has 1 aliphatic heterocycles. The van der Waals surface area contributed by atoms with Gasteiger partial charge in [0.15, 0.2) is 0 Å². The van der Waals surface area contributed by atoms with Crippen LogP contribution < -0.4 is 10.2 Å². The van der Waals surface area contributed by atoms with E-state index in [1.165, 1.54) is 0 Å². The zero-order chi connectivity index (χ0) is 26.7. The average Bonchev–Trinajstić information content (AvgIpc) is 3.20. The lowest BCUT2D eigenvalue weighted by molar-refractivity contribution is -0.137. The molecular weight excluding hydrogens is 506 g/mol. The fourth-order valence-corrected chi connectivity index (χ4v) is 7.44. The van der Waals surface area contributed by atoms with Gasteiger partial charge in [-0.1, -0.05) is 26.8 Å². The zero-order valence-electron chi connectivity index (χ0n) is 22.0. The molecule has 2 heterocycles. The summed E-state index contributed by atoms with van der Waals surface area (Å²) < 4.78 is 25.4. The summed E-state index contributed by atoms with van der Waals surface area (Å²) in [5, 5.41) is 14.1. The number of carbonyl (C=O) groups is 1. The lowest BCUT2D eigenvalue weighted by Gasteiger charge is -2.38. The minimum Gasteiger partial charge on any atom is -0.481 e. The maximum atomic E-state index is 12.2. The molecule has 0 saturated carbocycles. The molecule has 2 N–H and O–H groups in total. The maximum Gasteiger partial charge on any atom is 0.303 e. The summed E-state index contributed by atoms with van der Waals surface area (Å²) >= 11 is 1.66. The number of hydrogen-bond donors (Lipinski definition) is 2. The Balaban J connectivity index is 1.76. The number of aliphatic carboxylic acids is 1. The van der Waals surface area contributed by atoms with Crippen LogP contribution in [0.25, 0.3) is 10.2 Å². The van der Waals surface area contributed by atoms with Crippen molar-refractivity contribution in [3.8, 4) is 0 Å². The quantitative estimate of drug-likeness (QED) is 0.307. The highest BCUT2D eigenvalue weighted by Crippen LogP contribution is 2.38. The van der Waals surface area contributed by atoms with E-state index in [2.05, 4.69) is 47.2 Å². The third-order valence-electron chi connectivity index (χ3n) is 7.02. The van der Waals surface area contributed by atoms with E-state index in [9.17, 15) is 18.3 Å². The highest BCUT2D eigenvalue weighted by atomic mass is 32.2. The number of hydrogen-bond acceptors (Lipinski definition) is 7. The van der Waals surface area contributed by atoms with Crippen LogP contribution in [0.2, 0.25) is 0 Å². The number of anilines is 3. The second-order valence-corrected chi connectivity index (χ2v) is 14.0. The van der Waals surface area contributed by atoms with E-state index in [-0.39, 0.29) is 29.9 Å². The predicted molar refractivity (Wildman–Crippen MR) is 153 cm³/mol. The van der Waals surface area contributed by atoms with Gasteiger partial charge < -0.3 is 15.3 Å². The van der Waals surface area contributed by atoms with E-state index in [1.54, 1.807) is 11.3 Å². The molecular formula is C28H37N3O4S2. The summed E-state index contributed by atoms with van der Waals surface area (Å²) in [6.45, 7) is 9.16. The Labute approximate surface area is 223 Å². The van der Waals surface area contributed by atoms with E-state index >= 15 is 0 Å². The number of aromatic nitrogens is 1. The van der Waals surface area contributed by atoms with Crippen LogP contribution in [0.3, 0.4) is 0 Å². The van der Waals surface area contributed by atoms with Crippen LogP contribution in [0, 0.1) is 12.8 Å². The predicted octanol–water partition coefficient (Wildman–Crippen LogP) is 6.36. The topological polar surface area (TPSA) is 99.6 Å². The van der Waals surface area contributed by atoms with Crippen molar-refractivity contribution >= 4 is 54.4 Å². The summed E-state index contributed by atoms with van der Waals surface area (Å²) in [7, 11) is -2.97. The van der Waals surface area contributed by atoms with Crippen molar-refractivity contribution in [2.24, 2.45) is 5.92 Å². The minimum absolute atomic E-state index is 0.0789. The first-order valence-corrected chi connectivity index (χ1v) is 15.7. The number of thiazole rings is 1. The maximum absolute atomic E-state index is 12.2. The molecule has 3 aromatic rings. The number of carboxylic acid groups (broad SMARTS) is 1. The molecule has 0 aliphatic carbocycles. The van der Waals surface area contributed by atoms with E-state index < -0.39 is 15.8 Å². The molecule has 0 bridgehead atoms. The zero-order valence-corrected chi connectivity index (χ0v) is 23.7.